The molecule has 2 heterocycles. The van der Waals surface area contributed by atoms with Gasteiger partial charge in [0.15, 0.2) is 0 Å². The maximum atomic E-state index is 2.42. The molecule has 0 amide bonds. The van der Waals surface area contributed by atoms with E-state index in [1.54, 1.807) is 16.0 Å². The molecule has 1 unspecified atom stereocenters. The lowest BCUT2D eigenvalue weighted by molar-refractivity contribution is -0.950. The minimum Gasteiger partial charge on any atom is -0.311 e. The van der Waals surface area contributed by atoms with Crippen molar-refractivity contribution >= 4 is 23.1 Å². The first-order valence-electron chi connectivity index (χ1n) is 8.42. The minimum atomic E-state index is 1.13. The Hall–Kier alpha value is -1.03. The third-order valence-corrected chi connectivity index (χ3v) is 6.42. The Bertz CT molecular complexity index is 660. The summed E-state index contributed by atoms with van der Waals surface area (Å²) in [4.78, 5) is 3.06. The van der Waals surface area contributed by atoms with E-state index in [1.807, 2.05) is 23.1 Å². The van der Waals surface area contributed by atoms with Crippen molar-refractivity contribution < 1.29 is 4.48 Å². The van der Waals surface area contributed by atoms with E-state index < -0.39 is 0 Å². The van der Waals surface area contributed by atoms with Crippen molar-refractivity contribution in [2.75, 3.05) is 19.3 Å². The maximum Gasteiger partial charge on any atom is 0.114 e. The van der Waals surface area contributed by atoms with Crippen molar-refractivity contribution in [1.82, 2.24) is 0 Å². The monoisotopic (exact) mass is 344 g/mol. The van der Waals surface area contributed by atoms with Crippen LogP contribution in [0.3, 0.4) is 0 Å². The second-order valence-electron chi connectivity index (χ2n) is 6.42. The van der Waals surface area contributed by atoms with Gasteiger partial charge in [-0.2, -0.15) is 0 Å². The van der Waals surface area contributed by atoms with E-state index in [2.05, 4.69) is 61.0 Å². The van der Waals surface area contributed by atoms with Crippen LogP contribution in [-0.2, 0) is 19.5 Å². The molecule has 0 saturated carbocycles. The van der Waals surface area contributed by atoms with Crippen LogP contribution in [0.2, 0.25) is 0 Å². The summed E-state index contributed by atoms with van der Waals surface area (Å²) in [6, 6.07) is 13.5. The number of hydrogen-bond acceptors (Lipinski definition) is 2. The molecule has 0 bridgehead atoms. The largest absolute Gasteiger partial charge is 0.311 e. The molecule has 0 saturated heterocycles. The van der Waals surface area contributed by atoms with Crippen molar-refractivity contribution in [3.8, 4) is 0 Å². The van der Waals surface area contributed by atoms with Gasteiger partial charge in [-0.15, -0.1) is 23.1 Å². The number of benzene rings is 1. The fourth-order valence-corrected chi connectivity index (χ4v) is 5.16. The topological polar surface area (TPSA) is 0 Å². The molecule has 3 rings (SSSR count). The maximum absolute atomic E-state index is 2.42. The van der Waals surface area contributed by atoms with Gasteiger partial charge >= 0.3 is 0 Å². The molecular weight excluding hydrogens is 318 g/mol. The summed E-state index contributed by atoms with van der Waals surface area (Å²) in [7, 11) is 0. The standard InChI is InChI=1S/C20H26NS2/c1-3-7-19(22-2)15-21(16-20-10-6-13-23-20)12-11-17-8-4-5-9-18(17)14-21/h4-10,13H,3,11-12,14-16H2,1-2H3/q+1/b19-7-. The summed E-state index contributed by atoms with van der Waals surface area (Å²) < 4.78 is 1.17. The molecule has 0 spiro atoms. The van der Waals surface area contributed by atoms with Crippen LogP contribution in [0, 0.1) is 0 Å². The van der Waals surface area contributed by atoms with Crippen molar-refractivity contribution in [2.24, 2.45) is 0 Å². The molecule has 1 aromatic carbocycles. The van der Waals surface area contributed by atoms with Crippen molar-refractivity contribution in [3.63, 3.8) is 0 Å². The van der Waals surface area contributed by atoms with Gasteiger partial charge in [0.05, 0.1) is 11.4 Å². The molecule has 1 nitrogen and oxygen atoms in total. The van der Waals surface area contributed by atoms with Crippen LogP contribution in [-0.4, -0.2) is 23.8 Å². The third-order valence-electron chi connectivity index (χ3n) is 4.74. The van der Waals surface area contributed by atoms with E-state index in [0.29, 0.717) is 0 Å². The first kappa shape index (κ1) is 16.8. The number of thioether (sulfide) groups is 1. The molecule has 122 valence electrons. The van der Waals surface area contributed by atoms with Gasteiger partial charge in [0, 0.05) is 16.9 Å². The zero-order valence-electron chi connectivity index (χ0n) is 14.1. The number of thiophene rings is 1. The van der Waals surface area contributed by atoms with Crippen LogP contribution in [0.4, 0.5) is 0 Å². The molecule has 1 aliphatic rings. The van der Waals surface area contributed by atoms with Gasteiger partial charge in [-0.3, -0.25) is 0 Å². The average molecular weight is 345 g/mol. The van der Waals surface area contributed by atoms with Crippen LogP contribution in [0.1, 0.15) is 29.3 Å². The van der Waals surface area contributed by atoms with Crippen LogP contribution in [0.5, 0.6) is 0 Å². The van der Waals surface area contributed by atoms with Gasteiger partial charge in [-0.05, 0) is 29.7 Å². The van der Waals surface area contributed by atoms with Crippen LogP contribution < -0.4 is 0 Å². The Morgan fingerprint density at radius 3 is 2.74 bits per heavy atom. The van der Waals surface area contributed by atoms with Crippen molar-refractivity contribution in [1.29, 1.82) is 0 Å². The molecular formula is C20H26NS2+. The van der Waals surface area contributed by atoms with Gasteiger partial charge in [0.25, 0.3) is 0 Å². The van der Waals surface area contributed by atoms with Crippen LogP contribution in [0.25, 0.3) is 0 Å². The molecule has 23 heavy (non-hydrogen) atoms. The Morgan fingerprint density at radius 1 is 1.22 bits per heavy atom. The molecule has 0 fully saturated rings. The highest BCUT2D eigenvalue weighted by molar-refractivity contribution is 8.02. The highest BCUT2D eigenvalue weighted by Gasteiger charge is 2.34. The number of quaternary nitrogens is 1. The lowest BCUT2D eigenvalue weighted by Crippen LogP contribution is -2.51. The summed E-state index contributed by atoms with van der Waals surface area (Å²) in [5, 5.41) is 2.21. The third kappa shape index (κ3) is 4.09. The molecule has 0 aliphatic carbocycles. The fraction of sp³-hybridized carbons (Fsp3) is 0.400. The normalized spacial score (nSPS) is 21.2. The van der Waals surface area contributed by atoms with E-state index in [1.165, 1.54) is 28.9 Å². The number of fused-ring (bicyclic) bond motifs is 1. The van der Waals surface area contributed by atoms with Gasteiger partial charge < -0.3 is 4.48 Å². The van der Waals surface area contributed by atoms with E-state index >= 15 is 0 Å². The van der Waals surface area contributed by atoms with E-state index in [-0.39, 0.29) is 0 Å². The van der Waals surface area contributed by atoms with Gasteiger partial charge in [0.1, 0.15) is 19.6 Å². The molecule has 2 aromatic rings. The highest BCUT2D eigenvalue weighted by Crippen LogP contribution is 2.32. The lowest BCUT2D eigenvalue weighted by Gasteiger charge is -2.42. The zero-order valence-corrected chi connectivity index (χ0v) is 15.8. The Morgan fingerprint density at radius 2 is 2.04 bits per heavy atom. The Labute approximate surface area is 148 Å². The molecule has 0 N–H and O–H groups in total. The van der Waals surface area contributed by atoms with E-state index in [0.717, 1.165) is 19.5 Å². The predicted molar refractivity (Wildman–Crippen MR) is 104 cm³/mol. The summed E-state index contributed by atoms with van der Waals surface area (Å²) in [6.07, 6.45) is 6.97. The Kier molecular flexibility index (Phi) is 5.62. The summed E-state index contributed by atoms with van der Waals surface area (Å²) in [6.45, 7) is 6.98. The number of hydrogen-bond donors (Lipinski definition) is 0. The second kappa shape index (κ2) is 7.69. The SMILES string of the molecule is CC/C=C(/C[N+]1(Cc2cccs2)CCc2ccccc2C1)SC. The van der Waals surface area contributed by atoms with E-state index in [9.17, 15) is 0 Å². The predicted octanol–water partition coefficient (Wildman–Crippen LogP) is 5.48. The average Bonchev–Trinajstić information content (AvgIpc) is 3.07. The highest BCUT2D eigenvalue weighted by atomic mass is 32.2. The molecule has 3 heteroatoms. The van der Waals surface area contributed by atoms with Crippen molar-refractivity contribution in [3.05, 3.63) is 68.8 Å². The minimum absolute atomic E-state index is 1.13. The molecule has 1 atom stereocenters. The number of rotatable bonds is 6. The summed E-state index contributed by atoms with van der Waals surface area (Å²) >= 11 is 3.83. The second-order valence-corrected chi connectivity index (χ2v) is 8.39. The van der Waals surface area contributed by atoms with Crippen LogP contribution >= 0.6 is 23.1 Å². The van der Waals surface area contributed by atoms with E-state index in [4.69, 9.17) is 0 Å². The van der Waals surface area contributed by atoms with Gasteiger partial charge in [0.2, 0.25) is 0 Å². The van der Waals surface area contributed by atoms with Crippen LogP contribution in [0.15, 0.2) is 52.8 Å². The smallest absolute Gasteiger partial charge is 0.114 e. The molecule has 1 aromatic heterocycles. The molecule has 1 aliphatic heterocycles. The van der Waals surface area contributed by atoms with Crippen molar-refractivity contribution in [2.45, 2.75) is 32.9 Å². The Balaban J connectivity index is 1.90. The van der Waals surface area contributed by atoms with Gasteiger partial charge in [-0.1, -0.05) is 43.3 Å². The first-order valence-corrected chi connectivity index (χ1v) is 10.5. The quantitative estimate of drug-likeness (QED) is 0.625. The van der Waals surface area contributed by atoms with Gasteiger partial charge in [-0.25, -0.2) is 0 Å². The summed E-state index contributed by atoms with van der Waals surface area (Å²) in [5.74, 6) is 0. The summed E-state index contributed by atoms with van der Waals surface area (Å²) in [5.41, 5.74) is 3.10. The number of nitrogens with zero attached hydrogens (tertiary/aromatic N) is 1. The zero-order chi connectivity index (χ0) is 16.1. The first-order chi connectivity index (χ1) is 11.2. The number of allylic oxidation sites excluding steroid dienone is 1. The molecule has 0 radical (unpaired) electrons. The fourth-order valence-electron chi connectivity index (χ4n) is 3.58. The lowest BCUT2D eigenvalue weighted by atomic mass is 9.97.